The molecule has 0 atom stereocenters. The van der Waals surface area contributed by atoms with Crippen LogP contribution < -0.4 is 5.32 Å². The maximum atomic E-state index is 12.4. The Morgan fingerprint density at radius 2 is 2.14 bits per heavy atom. The topological polar surface area (TPSA) is 127 Å². The number of thioether (sulfide) groups is 1. The molecule has 1 aromatic carbocycles. The van der Waals surface area contributed by atoms with Crippen LogP contribution in [0.15, 0.2) is 53.3 Å². The van der Waals surface area contributed by atoms with E-state index < -0.39 is 10.8 Å². The second-order valence-electron chi connectivity index (χ2n) is 5.29. The molecule has 0 radical (unpaired) electrons. The van der Waals surface area contributed by atoms with Crippen molar-refractivity contribution < 1.29 is 9.72 Å². The SMILES string of the molecule is CSc1nsc(NC(=O)C(C#N)=Cc2cccn2-c2ccc([N+](=O)[O-])cc2)n1. The normalized spacial score (nSPS) is 11.1. The molecule has 0 fully saturated rings. The summed E-state index contributed by atoms with van der Waals surface area (Å²) < 4.78 is 5.76. The van der Waals surface area contributed by atoms with E-state index in [2.05, 4.69) is 14.7 Å². The van der Waals surface area contributed by atoms with Crippen LogP contribution in [0.2, 0.25) is 0 Å². The van der Waals surface area contributed by atoms with Crippen LogP contribution in [0.3, 0.4) is 0 Å². The average Bonchev–Trinajstić information content (AvgIpc) is 3.35. The van der Waals surface area contributed by atoms with Crippen LogP contribution in [0.1, 0.15) is 5.69 Å². The number of aromatic nitrogens is 3. The highest BCUT2D eigenvalue weighted by molar-refractivity contribution is 7.98. The van der Waals surface area contributed by atoms with Crippen LogP contribution in [0, 0.1) is 21.4 Å². The van der Waals surface area contributed by atoms with Crippen LogP contribution in [0.4, 0.5) is 10.8 Å². The molecule has 11 heteroatoms. The third-order valence-electron chi connectivity index (χ3n) is 3.59. The number of carbonyl (C=O) groups is 1. The van der Waals surface area contributed by atoms with Crippen molar-refractivity contribution in [2.24, 2.45) is 0 Å². The van der Waals surface area contributed by atoms with Gasteiger partial charge in [0.25, 0.3) is 11.6 Å². The van der Waals surface area contributed by atoms with Crippen molar-refractivity contribution in [1.82, 2.24) is 13.9 Å². The lowest BCUT2D eigenvalue weighted by molar-refractivity contribution is -0.384. The van der Waals surface area contributed by atoms with E-state index in [-0.39, 0.29) is 11.3 Å². The zero-order valence-corrected chi connectivity index (χ0v) is 16.0. The Kier molecular flexibility index (Phi) is 5.83. The molecule has 0 spiro atoms. The van der Waals surface area contributed by atoms with Gasteiger partial charge in [-0.15, -0.1) is 0 Å². The van der Waals surface area contributed by atoms with Gasteiger partial charge in [-0.2, -0.15) is 14.6 Å². The monoisotopic (exact) mass is 412 g/mol. The van der Waals surface area contributed by atoms with Gasteiger partial charge < -0.3 is 4.57 Å². The van der Waals surface area contributed by atoms with Crippen molar-refractivity contribution >= 4 is 46.1 Å². The van der Waals surface area contributed by atoms with Crippen molar-refractivity contribution in [3.63, 3.8) is 0 Å². The lowest BCUT2D eigenvalue weighted by atomic mass is 10.2. The number of nitrogens with zero attached hydrogens (tertiary/aromatic N) is 5. The molecule has 0 unspecified atom stereocenters. The molecule has 3 rings (SSSR count). The Bertz CT molecular complexity index is 1090. The fourth-order valence-electron chi connectivity index (χ4n) is 2.29. The minimum Gasteiger partial charge on any atom is -0.317 e. The molecule has 0 aliphatic rings. The van der Waals surface area contributed by atoms with Crippen LogP contribution in [-0.2, 0) is 4.79 Å². The maximum absolute atomic E-state index is 12.4. The molecule has 0 saturated carbocycles. The number of benzene rings is 1. The largest absolute Gasteiger partial charge is 0.317 e. The van der Waals surface area contributed by atoms with Crippen molar-refractivity contribution in [2.45, 2.75) is 5.16 Å². The van der Waals surface area contributed by atoms with E-state index >= 15 is 0 Å². The number of carbonyl (C=O) groups excluding carboxylic acids is 1. The first-order valence-electron chi connectivity index (χ1n) is 7.75. The summed E-state index contributed by atoms with van der Waals surface area (Å²) in [6.07, 6.45) is 4.99. The highest BCUT2D eigenvalue weighted by Gasteiger charge is 2.14. The highest BCUT2D eigenvalue weighted by atomic mass is 32.2. The minimum absolute atomic E-state index is 0.0215. The van der Waals surface area contributed by atoms with Gasteiger partial charge in [-0.25, -0.2) is 0 Å². The van der Waals surface area contributed by atoms with Crippen molar-refractivity contribution in [3.8, 4) is 11.8 Å². The van der Waals surface area contributed by atoms with Gasteiger partial charge in [-0.1, -0.05) is 11.8 Å². The third kappa shape index (κ3) is 4.25. The summed E-state index contributed by atoms with van der Waals surface area (Å²) in [6, 6.07) is 11.3. The molecule has 1 amide bonds. The second kappa shape index (κ2) is 8.47. The molecule has 140 valence electrons. The molecule has 2 aromatic heterocycles. The van der Waals surface area contributed by atoms with E-state index in [0.29, 0.717) is 21.7 Å². The van der Waals surface area contributed by atoms with Gasteiger partial charge in [0.1, 0.15) is 11.6 Å². The Morgan fingerprint density at radius 1 is 1.39 bits per heavy atom. The molecular formula is C17H12N6O3S2. The number of amides is 1. The number of nitrogens with one attached hydrogen (secondary N) is 1. The highest BCUT2D eigenvalue weighted by Crippen LogP contribution is 2.21. The van der Waals surface area contributed by atoms with Crippen molar-refractivity contribution in [1.29, 1.82) is 5.26 Å². The summed E-state index contributed by atoms with van der Waals surface area (Å²) in [6.45, 7) is 0. The van der Waals surface area contributed by atoms with Gasteiger partial charge in [0.05, 0.1) is 4.92 Å². The first-order valence-corrected chi connectivity index (χ1v) is 9.74. The molecule has 0 aliphatic heterocycles. The molecule has 0 saturated heterocycles. The summed E-state index contributed by atoms with van der Waals surface area (Å²) in [5.41, 5.74) is 1.10. The van der Waals surface area contributed by atoms with E-state index in [4.69, 9.17) is 0 Å². The lowest BCUT2D eigenvalue weighted by Gasteiger charge is -2.07. The fourth-order valence-corrected chi connectivity index (χ4v) is 3.41. The first kappa shape index (κ1) is 19.3. The summed E-state index contributed by atoms with van der Waals surface area (Å²) in [7, 11) is 0. The van der Waals surface area contributed by atoms with Crippen molar-refractivity contribution in [3.05, 3.63) is 64.0 Å². The lowest BCUT2D eigenvalue weighted by Crippen LogP contribution is -2.13. The Morgan fingerprint density at radius 3 is 2.75 bits per heavy atom. The number of nitro benzene ring substituents is 1. The molecule has 0 bridgehead atoms. The minimum atomic E-state index is -0.595. The number of hydrogen-bond donors (Lipinski definition) is 1. The average molecular weight is 412 g/mol. The number of nitro groups is 1. The summed E-state index contributed by atoms with van der Waals surface area (Å²) >= 11 is 2.38. The Hall–Kier alpha value is -3.49. The molecule has 2 heterocycles. The number of rotatable bonds is 6. The first-order chi connectivity index (χ1) is 13.5. The Balaban J connectivity index is 1.85. The van der Waals surface area contributed by atoms with Gasteiger partial charge in [-0.3, -0.25) is 20.2 Å². The van der Waals surface area contributed by atoms with E-state index in [0.717, 1.165) is 11.5 Å². The van der Waals surface area contributed by atoms with E-state index in [1.165, 1.54) is 30.0 Å². The Labute approximate surface area is 167 Å². The van der Waals surface area contributed by atoms with Crippen LogP contribution in [0.5, 0.6) is 0 Å². The van der Waals surface area contributed by atoms with E-state index in [1.54, 1.807) is 35.0 Å². The van der Waals surface area contributed by atoms with E-state index in [1.807, 2.05) is 12.3 Å². The molecule has 28 heavy (non-hydrogen) atoms. The molecular weight excluding hydrogens is 400 g/mol. The number of anilines is 1. The smallest absolute Gasteiger partial charge is 0.269 e. The van der Waals surface area contributed by atoms with Gasteiger partial charge in [0.15, 0.2) is 0 Å². The standard InChI is InChI=1S/C17H12N6O3S2/c1-27-17-20-16(28-21-17)19-15(24)11(10-18)9-14-3-2-8-22(14)12-4-6-13(7-5-12)23(25)26/h2-9H,1H3,(H,19,20,21,24). The maximum Gasteiger partial charge on any atom is 0.269 e. The van der Waals surface area contributed by atoms with Gasteiger partial charge >= 0.3 is 0 Å². The molecule has 0 aliphatic carbocycles. The van der Waals surface area contributed by atoms with Gasteiger partial charge in [0, 0.05) is 41.2 Å². The van der Waals surface area contributed by atoms with E-state index in [9.17, 15) is 20.2 Å². The number of nitriles is 1. The zero-order chi connectivity index (χ0) is 20.1. The summed E-state index contributed by atoms with van der Waals surface area (Å²) in [5, 5.41) is 23.6. The summed E-state index contributed by atoms with van der Waals surface area (Å²) in [4.78, 5) is 26.8. The molecule has 9 nitrogen and oxygen atoms in total. The van der Waals surface area contributed by atoms with Crippen LogP contribution in [-0.4, -0.2) is 31.0 Å². The predicted molar refractivity (Wildman–Crippen MR) is 106 cm³/mol. The number of non-ortho nitro benzene ring substituents is 1. The zero-order valence-electron chi connectivity index (χ0n) is 14.4. The predicted octanol–water partition coefficient (Wildman–Crippen LogP) is 3.50. The fraction of sp³-hybridized carbons (Fsp3) is 0.0588. The molecule has 3 aromatic rings. The third-order valence-corrected chi connectivity index (χ3v) is 4.88. The van der Waals surface area contributed by atoms with Crippen LogP contribution in [0.25, 0.3) is 11.8 Å². The van der Waals surface area contributed by atoms with Gasteiger partial charge in [-0.05, 0) is 36.6 Å². The molecule has 1 N–H and O–H groups in total. The number of hydrogen-bond acceptors (Lipinski definition) is 8. The van der Waals surface area contributed by atoms with Gasteiger partial charge in [0.2, 0.25) is 10.3 Å². The second-order valence-corrected chi connectivity index (χ2v) is 6.81. The summed E-state index contributed by atoms with van der Waals surface area (Å²) in [5.74, 6) is -0.595. The quantitative estimate of drug-likeness (QED) is 0.216. The van der Waals surface area contributed by atoms with Crippen LogP contribution >= 0.6 is 23.3 Å². The van der Waals surface area contributed by atoms with Crippen molar-refractivity contribution in [2.75, 3.05) is 11.6 Å².